The zero-order valence-electron chi connectivity index (χ0n) is 6.73. The molecule has 0 aromatic heterocycles. The fourth-order valence-electron chi connectivity index (χ4n) is 1.06. The van der Waals surface area contributed by atoms with Crippen molar-refractivity contribution >= 4 is 23.8 Å². The lowest BCUT2D eigenvalue weighted by Crippen LogP contribution is -2.18. The van der Waals surface area contributed by atoms with Crippen molar-refractivity contribution in [3.63, 3.8) is 0 Å². The minimum atomic E-state index is 0.0801. The van der Waals surface area contributed by atoms with Crippen LogP contribution in [0.15, 0.2) is 20.0 Å². The fourth-order valence-corrected chi connectivity index (χ4v) is 1.06. The van der Waals surface area contributed by atoms with Gasteiger partial charge in [0, 0.05) is 12.5 Å². The second-order valence-corrected chi connectivity index (χ2v) is 2.84. The van der Waals surface area contributed by atoms with Crippen LogP contribution < -0.4 is 5.73 Å². The molecule has 0 aliphatic carbocycles. The van der Waals surface area contributed by atoms with E-state index in [2.05, 4.69) is 20.0 Å². The van der Waals surface area contributed by atoms with E-state index in [1.165, 1.54) is 6.34 Å². The third-order valence-corrected chi connectivity index (χ3v) is 1.53. The Labute approximate surface area is 69.8 Å². The second-order valence-electron chi connectivity index (χ2n) is 2.84. The number of rotatable bonds is 2. The van der Waals surface area contributed by atoms with E-state index in [1.807, 2.05) is 6.92 Å². The van der Waals surface area contributed by atoms with Gasteiger partial charge in [0.25, 0.3) is 0 Å². The molecular weight excluding hydrogens is 154 g/mol. The van der Waals surface area contributed by atoms with Gasteiger partial charge in [-0.3, -0.25) is 0 Å². The van der Waals surface area contributed by atoms with Gasteiger partial charge >= 0.3 is 0 Å². The van der Waals surface area contributed by atoms with Crippen LogP contribution in [0.5, 0.6) is 0 Å². The Morgan fingerprint density at radius 3 is 2.92 bits per heavy atom. The maximum atomic E-state index is 5.59. The van der Waals surface area contributed by atoms with Crippen LogP contribution in [0.4, 0.5) is 0 Å². The normalized spacial score (nSPS) is 21.7. The highest BCUT2D eigenvalue weighted by molar-refractivity contribution is 6.50. The minimum Gasteiger partial charge on any atom is -0.328 e. The average Bonchev–Trinajstić information content (AvgIpc) is 2.43. The molecule has 12 heavy (non-hydrogen) atoms. The van der Waals surface area contributed by atoms with Crippen LogP contribution in [0.3, 0.4) is 0 Å². The van der Waals surface area contributed by atoms with Gasteiger partial charge in [0.05, 0.1) is 0 Å². The van der Waals surface area contributed by atoms with E-state index in [0.717, 1.165) is 5.84 Å². The van der Waals surface area contributed by atoms with Crippen LogP contribution >= 0.6 is 0 Å². The molecule has 0 saturated heterocycles. The lowest BCUT2D eigenvalue weighted by Gasteiger charge is -1.99. The summed E-state index contributed by atoms with van der Waals surface area (Å²) in [5, 5.41) is 0. The smallest absolute Gasteiger partial charge is 0.201 e. The standard InChI is InChI=1S/C7H9N5/c1-4(8)2-5-11-6-7(12-5)10-3-9-6/h3-4H,2,8H2,1H3. The molecule has 2 rings (SSSR count). The predicted octanol–water partition coefficient (Wildman–Crippen LogP) is -0.0253. The number of hydrogen-bond acceptors (Lipinski definition) is 5. The Morgan fingerprint density at radius 1 is 1.42 bits per heavy atom. The minimum absolute atomic E-state index is 0.0801. The van der Waals surface area contributed by atoms with Crippen LogP contribution in [0.2, 0.25) is 0 Å². The quantitative estimate of drug-likeness (QED) is 0.610. The molecule has 0 aromatic rings. The summed E-state index contributed by atoms with van der Waals surface area (Å²) in [4.78, 5) is 16.1. The van der Waals surface area contributed by atoms with Crippen LogP contribution in [0, 0.1) is 0 Å². The van der Waals surface area contributed by atoms with Gasteiger partial charge in [-0.1, -0.05) is 0 Å². The summed E-state index contributed by atoms with van der Waals surface area (Å²) in [7, 11) is 0. The molecule has 62 valence electrons. The molecule has 0 aromatic carbocycles. The molecule has 2 aliphatic rings. The van der Waals surface area contributed by atoms with Crippen molar-refractivity contribution in [2.24, 2.45) is 25.7 Å². The lowest BCUT2D eigenvalue weighted by molar-refractivity contribution is 0.776. The number of hydrogen-bond donors (Lipinski definition) is 1. The molecule has 0 fully saturated rings. The number of aliphatic imine (C=N–C) groups is 4. The molecule has 0 spiro atoms. The summed E-state index contributed by atoms with van der Waals surface area (Å²) in [5.74, 6) is 1.96. The van der Waals surface area contributed by atoms with E-state index < -0.39 is 0 Å². The number of nitrogens with zero attached hydrogens (tertiary/aromatic N) is 4. The summed E-state index contributed by atoms with van der Waals surface area (Å²) in [5.41, 5.74) is 5.59. The van der Waals surface area contributed by atoms with E-state index in [0.29, 0.717) is 18.1 Å². The highest BCUT2D eigenvalue weighted by Crippen LogP contribution is 2.08. The van der Waals surface area contributed by atoms with E-state index in [4.69, 9.17) is 5.73 Å². The van der Waals surface area contributed by atoms with Gasteiger partial charge in [-0.2, -0.15) is 0 Å². The summed E-state index contributed by atoms with van der Waals surface area (Å²) in [6.07, 6.45) is 2.14. The molecule has 2 N–H and O–H groups in total. The maximum absolute atomic E-state index is 5.59. The Morgan fingerprint density at radius 2 is 2.25 bits per heavy atom. The number of amidine groups is 3. The molecule has 0 saturated carbocycles. The Hall–Kier alpha value is -1.36. The Kier molecular flexibility index (Phi) is 1.58. The highest BCUT2D eigenvalue weighted by atomic mass is 15.2. The SMILES string of the molecule is CC(N)CC1=NC2=NC=NC2=N1. The summed E-state index contributed by atoms with van der Waals surface area (Å²) >= 11 is 0. The molecule has 5 nitrogen and oxygen atoms in total. The predicted molar refractivity (Wildman–Crippen MR) is 49.1 cm³/mol. The summed E-state index contributed by atoms with van der Waals surface area (Å²) < 4.78 is 0. The molecule has 0 radical (unpaired) electrons. The largest absolute Gasteiger partial charge is 0.328 e. The summed E-state index contributed by atoms with van der Waals surface area (Å²) in [6.45, 7) is 1.92. The molecule has 2 aliphatic heterocycles. The lowest BCUT2D eigenvalue weighted by atomic mass is 10.2. The van der Waals surface area contributed by atoms with E-state index in [1.54, 1.807) is 0 Å². The molecule has 0 bridgehead atoms. The van der Waals surface area contributed by atoms with Crippen molar-refractivity contribution in [2.75, 3.05) is 0 Å². The molecule has 0 amide bonds. The zero-order valence-corrected chi connectivity index (χ0v) is 6.73. The summed E-state index contributed by atoms with van der Waals surface area (Å²) in [6, 6.07) is 0.0801. The van der Waals surface area contributed by atoms with Gasteiger partial charge in [0.15, 0.2) is 0 Å². The van der Waals surface area contributed by atoms with Gasteiger partial charge in [-0.25, -0.2) is 20.0 Å². The monoisotopic (exact) mass is 163 g/mol. The van der Waals surface area contributed by atoms with Crippen LogP contribution in [-0.2, 0) is 0 Å². The van der Waals surface area contributed by atoms with E-state index >= 15 is 0 Å². The first-order valence-corrected chi connectivity index (χ1v) is 3.78. The molecule has 2 heterocycles. The van der Waals surface area contributed by atoms with Crippen molar-refractivity contribution in [3.05, 3.63) is 0 Å². The van der Waals surface area contributed by atoms with Crippen LogP contribution in [-0.4, -0.2) is 29.9 Å². The number of nitrogens with two attached hydrogens (primary N) is 1. The van der Waals surface area contributed by atoms with Crippen molar-refractivity contribution in [1.82, 2.24) is 0 Å². The topological polar surface area (TPSA) is 75.5 Å². The van der Waals surface area contributed by atoms with Crippen LogP contribution in [0.25, 0.3) is 0 Å². The third-order valence-electron chi connectivity index (χ3n) is 1.53. The molecule has 5 heteroatoms. The molecular formula is C7H9N5. The fraction of sp³-hybridized carbons (Fsp3) is 0.429. The first-order chi connectivity index (χ1) is 5.75. The van der Waals surface area contributed by atoms with Gasteiger partial charge < -0.3 is 5.73 Å². The van der Waals surface area contributed by atoms with Crippen molar-refractivity contribution in [2.45, 2.75) is 19.4 Å². The molecule has 1 atom stereocenters. The van der Waals surface area contributed by atoms with Gasteiger partial charge in [-0.15, -0.1) is 0 Å². The van der Waals surface area contributed by atoms with E-state index in [-0.39, 0.29) is 6.04 Å². The van der Waals surface area contributed by atoms with Crippen LogP contribution in [0.1, 0.15) is 13.3 Å². The van der Waals surface area contributed by atoms with Gasteiger partial charge in [-0.05, 0) is 6.92 Å². The average molecular weight is 163 g/mol. The third kappa shape index (κ3) is 1.18. The first-order valence-electron chi connectivity index (χ1n) is 3.78. The Bertz CT molecular complexity index is 321. The molecule has 1 unspecified atom stereocenters. The highest BCUT2D eigenvalue weighted by Gasteiger charge is 2.19. The Balaban J connectivity index is 2.14. The second kappa shape index (κ2) is 2.60. The van der Waals surface area contributed by atoms with Gasteiger partial charge in [0.2, 0.25) is 11.7 Å². The van der Waals surface area contributed by atoms with Crippen molar-refractivity contribution in [3.8, 4) is 0 Å². The maximum Gasteiger partial charge on any atom is 0.201 e. The number of fused-ring (bicyclic) bond motifs is 1. The first kappa shape index (κ1) is 7.30. The van der Waals surface area contributed by atoms with E-state index in [9.17, 15) is 0 Å². The van der Waals surface area contributed by atoms with Gasteiger partial charge in [0.1, 0.15) is 12.2 Å². The van der Waals surface area contributed by atoms with Crippen molar-refractivity contribution in [1.29, 1.82) is 0 Å². The zero-order chi connectivity index (χ0) is 8.55. The van der Waals surface area contributed by atoms with Crippen molar-refractivity contribution < 1.29 is 0 Å².